The first-order valence-electron chi connectivity index (χ1n) is 7.43. The largest absolute Gasteiger partial charge is 0.397 e. The molecule has 0 aromatic heterocycles. The average Bonchev–Trinajstić information content (AvgIpc) is 3.23. The molecule has 5 nitrogen and oxygen atoms in total. The van der Waals surface area contributed by atoms with Crippen LogP contribution in [0, 0.1) is 5.92 Å². The van der Waals surface area contributed by atoms with Crippen molar-refractivity contribution >= 4 is 21.4 Å². The molecule has 0 spiro atoms. The lowest BCUT2D eigenvalue weighted by molar-refractivity contribution is 0.521. The maximum absolute atomic E-state index is 12.1. The van der Waals surface area contributed by atoms with Gasteiger partial charge < -0.3 is 11.1 Å². The summed E-state index contributed by atoms with van der Waals surface area (Å²) in [6, 6.07) is 5.30. The van der Waals surface area contributed by atoms with Crippen molar-refractivity contribution in [2.75, 3.05) is 25.1 Å². The molecule has 0 aliphatic heterocycles. The van der Waals surface area contributed by atoms with E-state index in [1.165, 1.54) is 37.3 Å². The Morgan fingerprint density at radius 1 is 1.38 bits per heavy atom. The summed E-state index contributed by atoms with van der Waals surface area (Å²) in [6.45, 7) is 2.15. The summed E-state index contributed by atoms with van der Waals surface area (Å²) in [6.07, 6.45) is 4.85. The van der Waals surface area contributed by atoms with Crippen LogP contribution >= 0.6 is 0 Å². The van der Waals surface area contributed by atoms with Crippen molar-refractivity contribution in [3.63, 3.8) is 0 Å². The van der Waals surface area contributed by atoms with Crippen molar-refractivity contribution in [2.45, 2.75) is 43.5 Å². The predicted molar refractivity (Wildman–Crippen MR) is 86.8 cm³/mol. The summed E-state index contributed by atoms with van der Waals surface area (Å²) in [5.41, 5.74) is 7.32. The van der Waals surface area contributed by atoms with Crippen molar-refractivity contribution in [3.05, 3.63) is 18.2 Å². The third-order valence-corrected chi connectivity index (χ3v) is 5.78. The Labute approximate surface area is 127 Å². The lowest BCUT2D eigenvalue weighted by Crippen LogP contribution is -2.23. The molecule has 0 saturated heterocycles. The van der Waals surface area contributed by atoms with Crippen LogP contribution in [-0.2, 0) is 10.0 Å². The molecule has 1 atom stereocenters. The summed E-state index contributed by atoms with van der Waals surface area (Å²) in [7, 11) is -0.405. The quantitative estimate of drug-likeness (QED) is 0.759. The van der Waals surface area contributed by atoms with Crippen LogP contribution < -0.4 is 11.1 Å². The van der Waals surface area contributed by atoms with E-state index < -0.39 is 10.0 Å². The van der Waals surface area contributed by atoms with Gasteiger partial charge in [0.05, 0.1) is 16.3 Å². The third kappa shape index (κ3) is 3.89. The first-order chi connectivity index (χ1) is 9.84. The minimum absolute atomic E-state index is 0.228. The van der Waals surface area contributed by atoms with Crippen LogP contribution in [0.3, 0.4) is 0 Å². The summed E-state index contributed by atoms with van der Waals surface area (Å²) < 4.78 is 25.3. The fourth-order valence-corrected chi connectivity index (χ4v) is 3.28. The second kappa shape index (κ2) is 6.23. The van der Waals surface area contributed by atoms with Crippen molar-refractivity contribution in [1.29, 1.82) is 0 Å². The third-order valence-electron chi connectivity index (χ3n) is 3.97. The minimum Gasteiger partial charge on any atom is -0.397 e. The number of nitrogens with two attached hydrogens (primary N) is 1. The first-order valence-corrected chi connectivity index (χ1v) is 8.87. The molecule has 2 rings (SSSR count). The highest BCUT2D eigenvalue weighted by Crippen LogP contribution is 2.35. The fraction of sp³-hybridized carbons (Fsp3) is 0.600. The number of anilines is 2. The van der Waals surface area contributed by atoms with Gasteiger partial charge in [-0.3, -0.25) is 0 Å². The number of benzene rings is 1. The average molecular weight is 311 g/mol. The predicted octanol–water partition coefficient (Wildman–Crippen LogP) is 2.51. The number of nitrogens with zero attached hydrogens (tertiary/aromatic N) is 1. The molecule has 1 saturated carbocycles. The molecule has 1 aromatic carbocycles. The van der Waals surface area contributed by atoms with Gasteiger partial charge in [0.25, 0.3) is 0 Å². The molecule has 118 valence electrons. The van der Waals surface area contributed by atoms with E-state index >= 15 is 0 Å². The van der Waals surface area contributed by atoms with Crippen LogP contribution in [0.4, 0.5) is 11.4 Å². The maximum atomic E-state index is 12.1. The Balaban J connectivity index is 2.15. The summed E-state index contributed by atoms with van der Waals surface area (Å²) >= 11 is 0. The van der Waals surface area contributed by atoms with Crippen LogP contribution in [0.2, 0.25) is 0 Å². The van der Waals surface area contributed by atoms with Crippen LogP contribution in [0.1, 0.15) is 32.6 Å². The molecule has 0 bridgehead atoms. The molecule has 1 aliphatic rings. The van der Waals surface area contributed by atoms with E-state index in [0.717, 1.165) is 24.4 Å². The van der Waals surface area contributed by atoms with Gasteiger partial charge in [0.1, 0.15) is 0 Å². The molecular weight excluding hydrogens is 286 g/mol. The highest BCUT2D eigenvalue weighted by atomic mass is 32.2. The molecule has 1 fully saturated rings. The van der Waals surface area contributed by atoms with E-state index in [2.05, 4.69) is 12.2 Å². The van der Waals surface area contributed by atoms with E-state index in [4.69, 9.17) is 5.73 Å². The highest BCUT2D eigenvalue weighted by Gasteiger charge is 2.25. The van der Waals surface area contributed by atoms with Gasteiger partial charge >= 0.3 is 0 Å². The van der Waals surface area contributed by atoms with E-state index in [1.54, 1.807) is 12.1 Å². The van der Waals surface area contributed by atoms with Gasteiger partial charge in [-0.15, -0.1) is 0 Å². The van der Waals surface area contributed by atoms with E-state index in [0.29, 0.717) is 11.7 Å². The standard InChI is InChI=1S/C15H25N3O2S/c1-4-12(9-11-5-6-11)17-15-8-7-13(10-14(15)16)21(19,20)18(2)3/h7-8,10-12,17H,4-6,9,16H2,1-3H3. The Bertz CT molecular complexity index is 595. The van der Waals surface area contributed by atoms with Gasteiger partial charge in [-0.25, -0.2) is 12.7 Å². The van der Waals surface area contributed by atoms with Gasteiger partial charge in [-0.2, -0.15) is 0 Å². The lowest BCUT2D eigenvalue weighted by Gasteiger charge is -2.20. The smallest absolute Gasteiger partial charge is 0.242 e. The Kier molecular flexibility index (Phi) is 4.78. The van der Waals surface area contributed by atoms with Gasteiger partial charge in [-0.05, 0) is 37.0 Å². The zero-order valence-electron chi connectivity index (χ0n) is 13.0. The lowest BCUT2D eigenvalue weighted by atomic mass is 10.1. The second-order valence-corrected chi connectivity index (χ2v) is 8.12. The van der Waals surface area contributed by atoms with Crippen LogP contribution in [0.15, 0.2) is 23.1 Å². The second-order valence-electron chi connectivity index (χ2n) is 5.97. The van der Waals surface area contributed by atoms with E-state index in [-0.39, 0.29) is 4.90 Å². The van der Waals surface area contributed by atoms with Gasteiger partial charge in [-0.1, -0.05) is 19.8 Å². The number of hydrogen-bond acceptors (Lipinski definition) is 4. The topological polar surface area (TPSA) is 75.4 Å². The van der Waals surface area contributed by atoms with Crippen molar-refractivity contribution in [1.82, 2.24) is 4.31 Å². The first kappa shape index (κ1) is 16.1. The van der Waals surface area contributed by atoms with Gasteiger partial charge in [0.2, 0.25) is 10.0 Å². The van der Waals surface area contributed by atoms with E-state index in [9.17, 15) is 8.42 Å². The number of hydrogen-bond donors (Lipinski definition) is 2. The molecule has 1 unspecified atom stereocenters. The summed E-state index contributed by atoms with van der Waals surface area (Å²) in [5.74, 6) is 0.845. The van der Waals surface area contributed by atoms with Gasteiger partial charge in [0.15, 0.2) is 0 Å². The van der Waals surface area contributed by atoms with Crippen LogP contribution in [0.5, 0.6) is 0 Å². The number of rotatable bonds is 7. The molecular formula is C15H25N3O2S. The minimum atomic E-state index is -3.43. The number of nitrogen functional groups attached to an aromatic ring is 1. The summed E-state index contributed by atoms with van der Waals surface area (Å²) in [5, 5.41) is 3.44. The van der Waals surface area contributed by atoms with Crippen molar-refractivity contribution in [3.8, 4) is 0 Å². The number of sulfonamides is 1. The normalized spacial score (nSPS) is 17.0. The molecule has 1 aromatic rings. The Hall–Kier alpha value is -1.27. The monoisotopic (exact) mass is 311 g/mol. The SMILES string of the molecule is CCC(CC1CC1)Nc1ccc(S(=O)(=O)N(C)C)cc1N. The highest BCUT2D eigenvalue weighted by molar-refractivity contribution is 7.89. The molecule has 6 heteroatoms. The van der Waals surface area contributed by atoms with Gasteiger partial charge in [0, 0.05) is 20.1 Å². The zero-order chi connectivity index (χ0) is 15.6. The van der Waals surface area contributed by atoms with Crippen LogP contribution in [-0.4, -0.2) is 32.9 Å². The molecule has 21 heavy (non-hydrogen) atoms. The molecule has 0 heterocycles. The fourth-order valence-electron chi connectivity index (χ4n) is 2.35. The Morgan fingerprint density at radius 2 is 2.05 bits per heavy atom. The van der Waals surface area contributed by atoms with Crippen LogP contribution in [0.25, 0.3) is 0 Å². The molecule has 1 aliphatic carbocycles. The summed E-state index contributed by atoms with van der Waals surface area (Å²) in [4.78, 5) is 0.228. The van der Waals surface area contributed by atoms with E-state index in [1.807, 2.05) is 0 Å². The molecule has 3 N–H and O–H groups in total. The van der Waals surface area contributed by atoms with Crippen molar-refractivity contribution < 1.29 is 8.42 Å². The molecule has 0 amide bonds. The number of nitrogens with one attached hydrogen (secondary N) is 1. The Morgan fingerprint density at radius 3 is 2.52 bits per heavy atom. The molecule has 0 radical (unpaired) electrons. The maximum Gasteiger partial charge on any atom is 0.242 e. The van der Waals surface area contributed by atoms with Crippen molar-refractivity contribution in [2.24, 2.45) is 5.92 Å². The zero-order valence-corrected chi connectivity index (χ0v) is 13.8.